The molecular weight excluding hydrogens is 215 g/mol. The van der Waals surface area contributed by atoms with Crippen LogP contribution in [-0.4, -0.2) is 26.4 Å². The van der Waals surface area contributed by atoms with Crippen LogP contribution in [0.4, 0.5) is 0 Å². The monoisotopic (exact) mass is 238 g/mol. The lowest BCUT2D eigenvalue weighted by atomic mass is 9.90. The summed E-state index contributed by atoms with van der Waals surface area (Å²) in [6, 6.07) is 0. The molecule has 0 saturated carbocycles. The van der Waals surface area contributed by atoms with E-state index >= 15 is 0 Å². The van der Waals surface area contributed by atoms with Crippen LogP contribution in [0.5, 0.6) is 0 Å². The molecule has 1 heterocycles. The molecule has 0 bridgehead atoms. The van der Waals surface area contributed by atoms with Crippen LogP contribution in [-0.2, 0) is 9.31 Å². The van der Waals surface area contributed by atoms with E-state index in [9.17, 15) is 0 Å². The van der Waals surface area contributed by atoms with Gasteiger partial charge in [0.1, 0.15) is 8.07 Å². The zero-order valence-corrected chi connectivity index (χ0v) is 12.6. The minimum absolute atomic E-state index is 0.0903. The SMILES string of the molecule is CC#C[Si](C)(C)CB1OC(C)(C)C(C)(C)O1. The highest BCUT2D eigenvalue weighted by molar-refractivity contribution is 6.91. The Morgan fingerprint density at radius 2 is 1.50 bits per heavy atom. The fraction of sp³-hybridized carbons (Fsp3) is 0.833. The second-order valence-corrected chi connectivity index (χ2v) is 10.6. The highest BCUT2D eigenvalue weighted by Crippen LogP contribution is 2.38. The zero-order chi connectivity index (χ0) is 12.6. The summed E-state index contributed by atoms with van der Waals surface area (Å²) in [5, 5.41) is 0. The van der Waals surface area contributed by atoms with Crippen LogP contribution in [0.3, 0.4) is 0 Å². The van der Waals surface area contributed by atoms with Crippen molar-refractivity contribution in [2.75, 3.05) is 0 Å². The molecule has 0 aromatic heterocycles. The predicted octanol–water partition coefficient (Wildman–Crippen LogP) is 2.89. The Bertz CT molecular complexity index is 310. The Balaban J connectivity index is 2.70. The molecule has 0 amide bonds. The zero-order valence-electron chi connectivity index (χ0n) is 11.6. The summed E-state index contributed by atoms with van der Waals surface area (Å²) < 4.78 is 12.0. The molecule has 4 heteroatoms. The first kappa shape index (κ1) is 13.8. The molecule has 1 fully saturated rings. The van der Waals surface area contributed by atoms with E-state index in [1.807, 2.05) is 6.92 Å². The Labute approximate surface area is 101 Å². The van der Waals surface area contributed by atoms with E-state index in [-0.39, 0.29) is 18.3 Å². The van der Waals surface area contributed by atoms with Crippen molar-refractivity contribution in [1.29, 1.82) is 0 Å². The first-order chi connectivity index (χ1) is 7.10. The smallest absolute Gasteiger partial charge is 0.403 e. The third-order valence-corrected chi connectivity index (χ3v) is 5.72. The first-order valence-corrected chi connectivity index (χ1v) is 9.10. The number of hydrogen-bond acceptors (Lipinski definition) is 2. The summed E-state index contributed by atoms with van der Waals surface area (Å²) >= 11 is 0. The summed E-state index contributed by atoms with van der Waals surface area (Å²) in [6.45, 7) is 14.8. The standard InChI is InChI=1S/C12H23BO2Si/c1-8-9-16(6,7)10-13-14-11(2,3)12(4,5)15-13/h10H2,1-7H3. The maximum absolute atomic E-state index is 5.99. The minimum atomic E-state index is -1.50. The van der Waals surface area contributed by atoms with E-state index in [4.69, 9.17) is 9.31 Å². The third kappa shape index (κ3) is 2.91. The normalized spacial score (nSPS) is 22.8. The van der Waals surface area contributed by atoms with Crippen molar-refractivity contribution in [2.24, 2.45) is 0 Å². The molecule has 1 aliphatic rings. The van der Waals surface area contributed by atoms with E-state index in [2.05, 4.69) is 52.3 Å². The fourth-order valence-corrected chi connectivity index (χ4v) is 3.63. The van der Waals surface area contributed by atoms with E-state index in [0.717, 1.165) is 5.94 Å². The van der Waals surface area contributed by atoms with Crippen LogP contribution < -0.4 is 0 Å². The average Bonchev–Trinajstić information content (AvgIpc) is 2.17. The fourth-order valence-electron chi connectivity index (χ4n) is 1.85. The van der Waals surface area contributed by atoms with Crippen LogP contribution in [0.2, 0.25) is 19.0 Å². The van der Waals surface area contributed by atoms with E-state index < -0.39 is 8.07 Å². The lowest BCUT2D eigenvalue weighted by Gasteiger charge is -2.32. The maximum Gasteiger partial charge on any atom is 0.455 e. The van der Waals surface area contributed by atoms with Crippen molar-refractivity contribution in [3.63, 3.8) is 0 Å². The molecule has 0 aliphatic carbocycles. The van der Waals surface area contributed by atoms with Gasteiger partial charge in [0.05, 0.1) is 11.2 Å². The van der Waals surface area contributed by atoms with E-state index in [1.165, 1.54) is 0 Å². The van der Waals surface area contributed by atoms with Crippen LogP contribution >= 0.6 is 0 Å². The molecular formula is C12H23BO2Si. The molecule has 16 heavy (non-hydrogen) atoms. The lowest BCUT2D eigenvalue weighted by molar-refractivity contribution is 0.00578. The molecule has 0 atom stereocenters. The number of rotatable bonds is 2. The van der Waals surface area contributed by atoms with Crippen LogP contribution in [0, 0.1) is 11.5 Å². The van der Waals surface area contributed by atoms with Crippen LogP contribution in [0.25, 0.3) is 0 Å². The van der Waals surface area contributed by atoms with Gasteiger partial charge in [-0.3, -0.25) is 0 Å². The first-order valence-electron chi connectivity index (χ1n) is 5.89. The van der Waals surface area contributed by atoms with Gasteiger partial charge in [-0.15, -0.1) is 11.5 Å². The van der Waals surface area contributed by atoms with Crippen molar-refractivity contribution in [3.05, 3.63) is 0 Å². The van der Waals surface area contributed by atoms with Crippen LogP contribution in [0.1, 0.15) is 34.6 Å². The molecule has 0 aromatic carbocycles. The van der Waals surface area contributed by atoms with Gasteiger partial charge in [0.25, 0.3) is 0 Å². The quantitative estimate of drug-likeness (QED) is 0.544. The Morgan fingerprint density at radius 1 is 1.06 bits per heavy atom. The van der Waals surface area contributed by atoms with Crippen LogP contribution in [0.15, 0.2) is 0 Å². The Morgan fingerprint density at radius 3 is 1.88 bits per heavy atom. The third-order valence-electron chi connectivity index (χ3n) is 3.44. The molecule has 0 spiro atoms. The van der Waals surface area contributed by atoms with Gasteiger partial charge < -0.3 is 9.31 Å². The minimum Gasteiger partial charge on any atom is -0.403 e. The summed E-state index contributed by atoms with van der Waals surface area (Å²) in [5.74, 6) is 3.97. The van der Waals surface area contributed by atoms with Gasteiger partial charge in [-0.05, 0) is 40.6 Å². The molecule has 1 saturated heterocycles. The Kier molecular flexibility index (Phi) is 3.64. The topological polar surface area (TPSA) is 18.5 Å². The molecule has 90 valence electrons. The molecule has 0 radical (unpaired) electrons. The molecule has 0 aromatic rings. The van der Waals surface area contributed by atoms with Crippen molar-refractivity contribution >= 4 is 15.2 Å². The van der Waals surface area contributed by atoms with Gasteiger partial charge in [0, 0.05) is 0 Å². The summed E-state index contributed by atoms with van der Waals surface area (Å²) in [4.78, 5) is 0. The van der Waals surface area contributed by atoms with Gasteiger partial charge in [0.15, 0.2) is 0 Å². The van der Waals surface area contributed by atoms with Gasteiger partial charge in [-0.2, -0.15) is 0 Å². The highest BCUT2D eigenvalue weighted by Gasteiger charge is 2.52. The van der Waals surface area contributed by atoms with Gasteiger partial charge in [-0.1, -0.05) is 13.1 Å². The molecule has 0 unspecified atom stereocenters. The van der Waals surface area contributed by atoms with Crippen molar-refractivity contribution < 1.29 is 9.31 Å². The summed E-state index contributed by atoms with van der Waals surface area (Å²) in [6.07, 6.45) is 0. The average molecular weight is 238 g/mol. The number of hydrogen-bond donors (Lipinski definition) is 0. The molecule has 2 nitrogen and oxygen atoms in total. The van der Waals surface area contributed by atoms with Gasteiger partial charge in [0.2, 0.25) is 0 Å². The van der Waals surface area contributed by atoms with E-state index in [1.54, 1.807) is 0 Å². The summed E-state index contributed by atoms with van der Waals surface area (Å²) in [5.41, 5.74) is 2.89. The Hall–Kier alpha value is -0.238. The molecule has 1 rings (SSSR count). The lowest BCUT2D eigenvalue weighted by Crippen LogP contribution is -2.41. The highest BCUT2D eigenvalue weighted by atomic mass is 28.3. The van der Waals surface area contributed by atoms with E-state index in [0.29, 0.717) is 0 Å². The predicted molar refractivity (Wildman–Crippen MR) is 71.8 cm³/mol. The largest absolute Gasteiger partial charge is 0.455 e. The van der Waals surface area contributed by atoms with Gasteiger partial charge in [-0.25, -0.2) is 0 Å². The maximum atomic E-state index is 5.99. The van der Waals surface area contributed by atoms with Gasteiger partial charge >= 0.3 is 7.12 Å². The second kappa shape index (κ2) is 4.21. The molecule has 0 N–H and O–H groups in total. The summed E-state index contributed by atoms with van der Waals surface area (Å²) in [7, 11) is -1.59. The molecule has 1 aliphatic heterocycles. The van der Waals surface area contributed by atoms with Crippen molar-refractivity contribution in [2.45, 2.75) is 64.9 Å². The second-order valence-electron chi connectivity index (χ2n) is 6.15. The van der Waals surface area contributed by atoms with Crippen molar-refractivity contribution in [3.8, 4) is 11.5 Å². The van der Waals surface area contributed by atoms with Crippen molar-refractivity contribution in [1.82, 2.24) is 0 Å².